The van der Waals surface area contributed by atoms with Crippen LogP contribution in [0.15, 0.2) is 29.8 Å². The molecule has 1 aromatic carbocycles. The Bertz CT molecular complexity index is 460. The second-order valence-electron chi connectivity index (χ2n) is 3.52. The Morgan fingerprint density at radius 3 is 2.62 bits per heavy atom. The van der Waals surface area contributed by atoms with Gasteiger partial charge in [-0.2, -0.15) is 7.94 Å². The summed E-state index contributed by atoms with van der Waals surface area (Å²) >= 11 is 0.679. The van der Waals surface area contributed by atoms with Crippen molar-refractivity contribution in [2.75, 3.05) is 0 Å². The third-order valence-corrected chi connectivity index (χ3v) is 4.18. The van der Waals surface area contributed by atoms with Crippen LogP contribution < -0.4 is 4.52 Å². The van der Waals surface area contributed by atoms with Gasteiger partial charge in [0.2, 0.25) is 0 Å². The molecule has 2 rings (SSSR count). The number of allylic oxidation sites excluding steroid dienone is 1. The van der Waals surface area contributed by atoms with Gasteiger partial charge in [0, 0.05) is 5.56 Å². The highest BCUT2D eigenvalue weighted by molar-refractivity contribution is 8.02. The Morgan fingerprint density at radius 1 is 1.38 bits per heavy atom. The molecular weight excluding hydrogens is 247 g/mol. The molecule has 0 bridgehead atoms. The second-order valence-corrected chi connectivity index (χ2v) is 5.92. The Balaban J connectivity index is 2.26. The first-order valence-corrected chi connectivity index (χ1v) is 6.80. The number of para-hydroxylation sites is 1. The number of benzene rings is 1. The fraction of sp³-hybridized carbons (Fsp3) is 0.200. The molecule has 0 atom stereocenters. The standard InChI is InChI=1S/C10H11O4PS/c1-8(2)7-9-5-3-4-6-10(9)12-15(11)13-16-14-15/h3-7H,1-2H3. The van der Waals surface area contributed by atoms with Gasteiger partial charge in [-0.3, -0.25) is 0 Å². The molecule has 0 amide bonds. The predicted octanol–water partition coefficient (Wildman–Crippen LogP) is 4.21. The lowest BCUT2D eigenvalue weighted by atomic mass is 10.1. The van der Waals surface area contributed by atoms with Gasteiger partial charge in [-0.25, -0.2) is 4.57 Å². The van der Waals surface area contributed by atoms with E-state index in [1.807, 2.05) is 32.1 Å². The average molecular weight is 258 g/mol. The van der Waals surface area contributed by atoms with Crippen LogP contribution >= 0.6 is 20.1 Å². The largest absolute Gasteiger partial charge is 0.556 e. The summed E-state index contributed by atoms with van der Waals surface area (Å²) in [4.78, 5) is 0. The summed E-state index contributed by atoms with van der Waals surface area (Å²) in [7, 11) is -3.35. The van der Waals surface area contributed by atoms with Crippen LogP contribution in [-0.2, 0) is 12.5 Å². The molecule has 86 valence electrons. The van der Waals surface area contributed by atoms with E-state index in [4.69, 9.17) is 4.52 Å². The van der Waals surface area contributed by atoms with Gasteiger partial charge in [0.25, 0.3) is 0 Å². The lowest BCUT2D eigenvalue weighted by Gasteiger charge is -2.22. The van der Waals surface area contributed by atoms with Gasteiger partial charge >= 0.3 is 7.82 Å². The van der Waals surface area contributed by atoms with Crippen molar-refractivity contribution in [1.29, 1.82) is 0 Å². The first-order valence-electron chi connectivity index (χ1n) is 4.67. The van der Waals surface area contributed by atoms with Crippen LogP contribution in [0, 0.1) is 0 Å². The van der Waals surface area contributed by atoms with E-state index in [2.05, 4.69) is 7.94 Å². The minimum Gasteiger partial charge on any atom is -0.402 e. The third-order valence-electron chi connectivity index (χ3n) is 1.82. The highest BCUT2D eigenvalue weighted by Gasteiger charge is 2.41. The molecule has 1 saturated heterocycles. The fourth-order valence-electron chi connectivity index (χ4n) is 1.22. The maximum atomic E-state index is 11.6. The Kier molecular flexibility index (Phi) is 3.40. The molecule has 0 N–H and O–H groups in total. The molecule has 6 heteroatoms. The molecule has 0 unspecified atom stereocenters. The zero-order valence-electron chi connectivity index (χ0n) is 8.88. The van der Waals surface area contributed by atoms with Crippen LogP contribution in [0.1, 0.15) is 19.4 Å². The van der Waals surface area contributed by atoms with E-state index in [1.54, 1.807) is 12.1 Å². The van der Waals surface area contributed by atoms with Crippen LogP contribution in [-0.4, -0.2) is 0 Å². The van der Waals surface area contributed by atoms with Crippen molar-refractivity contribution < 1.29 is 17.0 Å². The summed E-state index contributed by atoms with van der Waals surface area (Å²) in [5, 5.41) is 0. The van der Waals surface area contributed by atoms with E-state index in [-0.39, 0.29) is 0 Å². The molecular formula is C10H11O4PS. The summed E-state index contributed by atoms with van der Waals surface area (Å²) in [6.45, 7) is 3.95. The molecule has 1 aliphatic heterocycles. The van der Waals surface area contributed by atoms with Gasteiger partial charge in [0.1, 0.15) is 5.75 Å². The number of rotatable bonds is 3. The minimum absolute atomic E-state index is 0.493. The fourth-order valence-corrected chi connectivity index (χ4v) is 2.52. The van der Waals surface area contributed by atoms with E-state index < -0.39 is 7.82 Å². The summed E-state index contributed by atoms with van der Waals surface area (Å²) in [6, 6.07) is 7.29. The Morgan fingerprint density at radius 2 is 2.06 bits per heavy atom. The smallest absolute Gasteiger partial charge is 0.402 e. The van der Waals surface area contributed by atoms with E-state index in [9.17, 15) is 4.57 Å². The summed E-state index contributed by atoms with van der Waals surface area (Å²) < 4.78 is 26.2. The Labute approximate surface area is 98.6 Å². The van der Waals surface area contributed by atoms with Crippen LogP contribution in [0.25, 0.3) is 6.08 Å². The van der Waals surface area contributed by atoms with Crippen molar-refractivity contribution >= 4 is 26.2 Å². The quantitative estimate of drug-likeness (QED) is 0.600. The van der Waals surface area contributed by atoms with Crippen molar-refractivity contribution in [1.82, 2.24) is 0 Å². The van der Waals surface area contributed by atoms with Crippen molar-refractivity contribution in [3.63, 3.8) is 0 Å². The van der Waals surface area contributed by atoms with Crippen LogP contribution in [0.3, 0.4) is 0 Å². The van der Waals surface area contributed by atoms with Gasteiger partial charge in [-0.05, 0) is 19.9 Å². The highest BCUT2D eigenvalue weighted by atomic mass is 32.2. The second kappa shape index (κ2) is 4.63. The predicted molar refractivity (Wildman–Crippen MR) is 63.8 cm³/mol. The highest BCUT2D eigenvalue weighted by Crippen LogP contribution is 2.65. The van der Waals surface area contributed by atoms with Crippen LogP contribution in [0.4, 0.5) is 0 Å². The maximum absolute atomic E-state index is 11.6. The van der Waals surface area contributed by atoms with E-state index in [0.717, 1.165) is 11.1 Å². The lowest BCUT2D eigenvalue weighted by Crippen LogP contribution is -2.03. The zero-order valence-corrected chi connectivity index (χ0v) is 10.6. The minimum atomic E-state index is -3.35. The molecule has 1 fully saturated rings. The van der Waals surface area contributed by atoms with Crippen molar-refractivity contribution in [3.8, 4) is 5.75 Å². The Hall–Kier alpha value is -0.740. The van der Waals surface area contributed by atoms with E-state index in [0.29, 0.717) is 18.1 Å². The summed E-state index contributed by atoms with van der Waals surface area (Å²) in [5.74, 6) is 0.493. The van der Waals surface area contributed by atoms with Gasteiger partial charge in [-0.1, -0.05) is 29.8 Å². The molecule has 1 aromatic rings. The van der Waals surface area contributed by atoms with Gasteiger partial charge in [0.05, 0.1) is 0 Å². The first-order chi connectivity index (χ1) is 7.59. The van der Waals surface area contributed by atoms with Gasteiger partial charge < -0.3 is 4.52 Å². The van der Waals surface area contributed by atoms with E-state index in [1.165, 1.54) is 0 Å². The normalized spacial score (nSPS) is 17.4. The lowest BCUT2D eigenvalue weighted by molar-refractivity contribution is 0.277. The molecule has 0 aromatic heterocycles. The summed E-state index contributed by atoms with van der Waals surface area (Å²) in [6.07, 6.45) is 1.94. The van der Waals surface area contributed by atoms with Gasteiger partial charge in [-0.15, -0.1) is 0 Å². The first kappa shape index (κ1) is 11.7. The van der Waals surface area contributed by atoms with Crippen molar-refractivity contribution in [2.24, 2.45) is 0 Å². The molecule has 1 aliphatic rings. The topological polar surface area (TPSA) is 44.8 Å². The van der Waals surface area contributed by atoms with E-state index >= 15 is 0 Å². The number of hydrogen-bond acceptors (Lipinski definition) is 5. The third kappa shape index (κ3) is 2.68. The monoisotopic (exact) mass is 258 g/mol. The number of phosphoric acid groups is 1. The molecule has 0 aliphatic carbocycles. The molecule has 0 radical (unpaired) electrons. The van der Waals surface area contributed by atoms with Crippen LogP contribution in [0.5, 0.6) is 5.75 Å². The molecule has 0 spiro atoms. The molecule has 16 heavy (non-hydrogen) atoms. The summed E-state index contributed by atoms with van der Waals surface area (Å²) in [5.41, 5.74) is 1.97. The van der Waals surface area contributed by atoms with Crippen LogP contribution in [0.2, 0.25) is 0 Å². The zero-order chi connectivity index (χ0) is 11.6. The average Bonchev–Trinajstić information content (AvgIpc) is 2.18. The van der Waals surface area contributed by atoms with Crippen molar-refractivity contribution in [3.05, 3.63) is 35.4 Å². The number of hydrogen-bond donors (Lipinski definition) is 0. The molecule has 4 nitrogen and oxygen atoms in total. The maximum Gasteiger partial charge on any atom is 0.556 e. The van der Waals surface area contributed by atoms with Crippen molar-refractivity contribution in [2.45, 2.75) is 13.8 Å². The molecule has 1 heterocycles. The van der Waals surface area contributed by atoms with Gasteiger partial charge in [0.15, 0.2) is 12.3 Å². The molecule has 0 saturated carbocycles. The SMILES string of the molecule is CC(C)=Cc1ccccc1OP1(=O)OSO1.